The molecule has 0 aliphatic carbocycles. The number of rotatable bonds is 5. The van der Waals surface area contributed by atoms with Crippen molar-refractivity contribution in [2.24, 2.45) is 0 Å². The van der Waals surface area contributed by atoms with Crippen LogP contribution in [0.2, 0.25) is 0 Å². The van der Waals surface area contributed by atoms with Gasteiger partial charge in [0.1, 0.15) is 12.4 Å². The molecule has 1 saturated heterocycles. The van der Waals surface area contributed by atoms with Crippen LogP contribution in [0.3, 0.4) is 0 Å². The van der Waals surface area contributed by atoms with Crippen LogP contribution in [0, 0.1) is 5.82 Å². The lowest BCUT2D eigenvalue weighted by Crippen LogP contribution is -2.55. The summed E-state index contributed by atoms with van der Waals surface area (Å²) in [7, 11) is 0. The molecule has 1 heterocycles. The normalized spacial score (nSPS) is 15.1. The molecule has 5 nitrogen and oxygen atoms in total. The Bertz CT molecular complexity index is 607. The van der Waals surface area contributed by atoms with Crippen LogP contribution in [-0.4, -0.2) is 53.0 Å². The van der Waals surface area contributed by atoms with Gasteiger partial charge >= 0.3 is 0 Å². The fourth-order valence-corrected chi connectivity index (χ4v) is 2.59. The standard InChI is InChI=1S/C18H25FN2O3/c1-13(22)20-10-16(11-20)24-12-17(23)21(18(2,3)4)9-14-6-5-7-15(19)8-14/h5-8,16H,9-12H2,1-4H3. The van der Waals surface area contributed by atoms with Gasteiger partial charge in [-0.3, -0.25) is 9.59 Å². The molecular formula is C18H25FN2O3. The highest BCUT2D eigenvalue weighted by molar-refractivity contribution is 5.78. The number of carbonyl (C=O) groups excluding carboxylic acids is 2. The van der Waals surface area contributed by atoms with Gasteiger partial charge in [0.15, 0.2) is 0 Å². The molecule has 1 aromatic rings. The molecule has 0 radical (unpaired) electrons. The Morgan fingerprint density at radius 2 is 2.00 bits per heavy atom. The smallest absolute Gasteiger partial charge is 0.249 e. The van der Waals surface area contributed by atoms with E-state index in [-0.39, 0.29) is 30.3 Å². The van der Waals surface area contributed by atoms with E-state index in [9.17, 15) is 14.0 Å². The first kappa shape index (κ1) is 18.4. The predicted octanol–water partition coefficient (Wildman–Crippen LogP) is 2.20. The molecule has 132 valence electrons. The molecule has 1 aromatic carbocycles. The van der Waals surface area contributed by atoms with E-state index in [2.05, 4.69) is 0 Å². The van der Waals surface area contributed by atoms with Crippen molar-refractivity contribution in [1.29, 1.82) is 0 Å². The molecule has 1 aliphatic rings. The van der Waals surface area contributed by atoms with Gasteiger partial charge in [0.25, 0.3) is 0 Å². The van der Waals surface area contributed by atoms with Crippen molar-refractivity contribution >= 4 is 11.8 Å². The summed E-state index contributed by atoms with van der Waals surface area (Å²) in [6, 6.07) is 6.25. The topological polar surface area (TPSA) is 49.9 Å². The number of hydrogen-bond donors (Lipinski definition) is 0. The third-order valence-corrected chi connectivity index (χ3v) is 4.08. The van der Waals surface area contributed by atoms with Crippen LogP contribution in [0.4, 0.5) is 4.39 Å². The first-order valence-electron chi connectivity index (χ1n) is 8.09. The van der Waals surface area contributed by atoms with Crippen LogP contribution in [0.1, 0.15) is 33.3 Å². The number of nitrogens with zero attached hydrogens (tertiary/aromatic N) is 2. The largest absolute Gasteiger partial charge is 0.365 e. The highest BCUT2D eigenvalue weighted by Gasteiger charge is 2.32. The quantitative estimate of drug-likeness (QED) is 0.828. The van der Waals surface area contributed by atoms with Gasteiger partial charge < -0.3 is 14.5 Å². The summed E-state index contributed by atoms with van der Waals surface area (Å²) in [5, 5.41) is 0. The second kappa shape index (κ2) is 7.30. The summed E-state index contributed by atoms with van der Waals surface area (Å²) in [5.74, 6) is -0.444. The molecule has 0 bridgehead atoms. The number of carbonyl (C=O) groups is 2. The van der Waals surface area contributed by atoms with Gasteiger partial charge in [-0.25, -0.2) is 4.39 Å². The summed E-state index contributed by atoms with van der Waals surface area (Å²) in [6.07, 6.45) is -0.0890. The van der Waals surface area contributed by atoms with Crippen molar-refractivity contribution in [2.75, 3.05) is 19.7 Å². The molecule has 0 aromatic heterocycles. The maximum Gasteiger partial charge on any atom is 0.249 e. The van der Waals surface area contributed by atoms with E-state index in [1.165, 1.54) is 19.1 Å². The third-order valence-electron chi connectivity index (χ3n) is 4.08. The molecule has 0 saturated carbocycles. The van der Waals surface area contributed by atoms with Gasteiger partial charge in [-0.2, -0.15) is 0 Å². The Kier molecular flexibility index (Phi) is 5.59. The second-order valence-corrected chi connectivity index (χ2v) is 7.14. The van der Waals surface area contributed by atoms with E-state index in [1.807, 2.05) is 20.8 Å². The Hall–Kier alpha value is -1.95. The number of amides is 2. The van der Waals surface area contributed by atoms with E-state index < -0.39 is 5.54 Å². The predicted molar refractivity (Wildman–Crippen MR) is 88.7 cm³/mol. The molecule has 0 N–H and O–H groups in total. The van der Waals surface area contributed by atoms with Gasteiger partial charge in [-0.05, 0) is 38.5 Å². The van der Waals surface area contributed by atoms with Gasteiger partial charge in [0.2, 0.25) is 11.8 Å². The van der Waals surface area contributed by atoms with Crippen LogP contribution in [0.5, 0.6) is 0 Å². The van der Waals surface area contributed by atoms with E-state index in [0.717, 1.165) is 5.56 Å². The maximum absolute atomic E-state index is 13.4. The van der Waals surface area contributed by atoms with Crippen molar-refractivity contribution in [3.63, 3.8) is 0 Å². The van der Waals surface area contributed by atoms with Crippen molar-refractivity contribution in [2.45, 2.75) is 45.9 Å². The monoisotopic (exact) mass is 336 g/mol. The maximum atomic E-state index is 13.4. The summed E-state index contributed by atoms with van der Waals surface area (Å²) in [4.78, 5) is 27.1. The number of benzene rings is 1. The van der Waals surface area contributed by atoms with Crippen LogP contribution in [0.25, 0.3) is 0 Å². The molecular weight excluding hydrogens is 311 g/mol. The van der Waals surface area contributed by atoms with Crippen molar-refractivity contribution < 1.29 is 18.7 Å². The molecule has 6 heteroatoms. The average molecular weight is 336 g/mol. The lowest BCUT2D eigenvalue weighted by Gasteiger charge is -2.40. The summed E-state index contributed by atoms with van der Waals surface area (Å²) < 4.78 is 19.0. The minimum absolute atomic E-state index is 0.0172. The number of likely N-dealkylation sites (tertiary alicyclic amines) is 1. The first-order valence-corrected chi connectivity index (χ1v) is 8.09. The molecule has 0 spiro atoms. The lowest BCUT2D eigenvalue weighted by atomic mass is 10.0. The summed E-state index contributed by atoms with van der Waals surface area (Å²) in [5.41, 5.74) is 0.335. The Morgan fingerprint density at radius 1 is 1.33 bits per heavy atom. The summed E-state index contributed by atoms with van der Waals surface area (Å²) >= 11 is 0. The van der Waals surface area contributed by atoms with Crippen molar-refractivity contribution in [1.82, 2.24) is 9.80 Å². The van der Waals surface area contributed by atoms with Crippen LogP contribution >= 0.6 is 0 Å². The van der Waals surface area contributed by atoms with Crippen LogP contribution in [0.15, 0.2) is 24.3 Å². The van der Waals surface area contributed by atoms with Crippen molar-refractivity contribution in [3.05, 3.63) is 35.6 Å². The Labute approximate surface area is 142 Å². The van der Waals surface area contributed by atoms with E-state index in [0.29, 0.717) is 19.6 Å². The molecule has 0 unspecified atom stereocenters. The van der Waals surface area contributed by atoms with Gasteiger partial charge in [0, 0.05) is 32.1 Å². The average Bonchev–Trinajstić information content (AvgIpc) is 2.41. The van der Waals surface area contributed by atoms with Gasteiger partial charge in [-0.1, -0.05) is 12.1 Å². The zero-order chi connectivity index (χ0) is 17.9. The van der Waals surface area contributed by atoms with Gasteiger partial charge in [-0.15, -0.1) is 0 Å². The lowest BCUT2D eigenvalue weighted by molar-refractivity contribution is -0.153. The first-order chi connectivity index (χ1) is 11.2. The minimum atomic E-state index is -0.405. The summed E-state index contributed by atoms with van der Waals surface area (Å²) in [6.45, 7) is 8.67. The third kappa shape index (κ3) is 4.77. The Morgan fingerprint density at radius 3 is 2.54 bits per heavy atom. The zero-order valence-corrected chi connectivity index (χ0v) is 14.7. The van der Waals surface area contributed by atoms with E-state index in [4.69, 9.17) is 4.74 Å². The minimum Gasteiger partial charge on any atom is -0.365 e. The number of halogens is 1. The molecule has 2 rings (SSSR count). The molecule has 1 aliphatic heterocycles. The molecule has 24 heavy (non-hydrogen) atoms. The number of ether oxygens (including phenoxy) is 1. The second-order valence-electron chi connectivity index (χ2n) is 7.14. The van der Waals surface area contributed by atoms with E-state index >= 15 is 0 Å². The molecule has 1 fully saturated rings. The van der Waals surface area contributed by atoms with E-state index in [1.54, 1.807) is 21.9 Å². The Balaban J connectivity index is 1.93. The highest BCUT2D eigenvalue weighted by atomic mass is 19.1. The fourth-order valence-electron chi connectivity index (χ4n) is 2.59. The fraction of sp³-hybridized carbons (Fsp3) is 0.556. The SMILES string of the molecule is CC(=O)N1CC(OCC(=O)N(Cc2cccc(F)c2)C(C)(C)C)C1. The van der Waals surface area contributed by atoms with Crippen LogP contribution < -0.4 is 0 Å². The van der Waals surface area contributed by atoms with Gasteiger partial charge in [0.05, 0.1) is 6.10 Å². The highest BCUT2D eigenvalue weighted by Crippen LogP contribution is 2.19. The van der Waals surface area contributed by atoms with Crippen molar-refractivity contribution in [3.8, 4) is 0 Å². The molecule has 2 amide bonds. The number of hydrogen-bond acceptors (Lipinski definition) is 3. The van der Waals surface area contributed by atoms with Crippen LogP contribution in [-0.2, 0) is 20.9 Å². The molecule has 0 atom stereocenters. The zero-order valence-electron chi connectivity index (χ0n) is 14.7.